The van der Waals surface area contributed by atoms with Gasteiger partial charge in [-0.25, -0.2) is 0 Å². The number of rotatable bonds is 9. The number of amides is 2. The van der Waals surface area contributed by atoms with E-state index in [1.807, 2.05) is 48.5 Å². The molecule has 41 heavy (non-hydrogen) atoms. The second-order valence-electron chi connectivity index (χ2n) is 11.1. The molecule has 1 N–H and O–H groups in total. The normalized spacial score (nSPS) is 24.7. The number of hydrogen-bond acceptors (Lipinski definition) is 7. The third-order valence-corrected chi connectivity index (χ3v) is 8.38. The van der Waals surface area contributed by atoms with Crippen LogP contribution in [0, 0.1) is 0 Å². The van der Waals surface area contributed by atoms with Gasteiger partial charge in [-0.2, -0.15) is 0 Å². The minimum Gasteiger partial charge on any atom is -0.392 e. The quantitative estimate of drug-likeness (QED) is 0.385. The molecule has 8 nitrogen and oxygen atoms in total. The van der Waals surface area contributed by atoms with E-state index in [-0.39, 0.29) is 37.2 Å². The number of likely N-dealkylation sites (tertiary alicyclic amines) is 1. The number of carbonyl (C=O) groups excluding carboxylic acids is 2. The lowest BCUT2D eigenvalue weighted by atomic mass is 9.99. The number of imide groups is 1. The lowest BCUT2D eigenvalue weighted by Crippen LogP contribution is -2.42. The van der Waals surface area contributed by atoms with Gasteiger partial charge in [0.15, 0.2) is 6.29 Å². The summed E-state index contributed by atoms with van der Waals surface area (Å²) in [5.74, 6) is -0.527. The fourth-order valence-electron chi connectivity index (χ4n) is 6.16. The molecule has 2 fully saturated rings. The molecule has 3 aliphatic rings. The van der Waals surface area contributed by atoms with Crippen LogP contribution in [0.5, 0.6) is 0 Å². The van der Waals surface area contributed by atoms with Crippen molar-refractivity contribution in [3.8, 4) is 0 Å². The topological polar surface area (TPSA) is 88.5 Å². The van der Waals surface area contributed by atoms with Crippen LogP contribution in [-0.2, 0) is 27.4 Å². The molecule has 0 saturated carbocycles. The average molecular weight is 557 g/mol. The monoisotopic (exact) mass is 556 g/mol. The van der Waals surface area contributed by atoms with E-state index in [1.165, 1.54) is 4.90 Å². The molecule has 2 amide bonds. The molecule has 0 aliphatic carbocycles. The summed E-state index contributed by atoms with van der Waals surface area (Å²) in [6.45, 7) is 2.76. The predicted octanol–water partition coefficient (Wildman–Crippen LogP) is 4.63. The average Bonchev–Trinajstić information content (AvgIpc) is 3.55. The van der Waals surface area contributed by atoms with Gasteiger partial charge in [-0.1, -0.05) is 60.7 Å². The third kappa shape index (κ3) is 5.84. The van der Waals surface area contributed by atoms with Gasteiger partial charge in [-0.3, -0.25) is 19.4 Å². The molecule has 214 valence electrons. The summed E-state index contributed by atoms with van der Waals surface area (Å²) in [6, 6.07) is 23.0. The number of aliphatic hydroxyl groups excluding tert-OH is 1. The number of fused-ring (bicyclic) bond motifs is 1. The molecule has 3 heterocycles. The van der Waals surface area contributed by atoms with Crippen LogP contribution in [0.1, 0.15) is 74.6 Å². The van der Waals surface area contributed by atoms with E-state index >= 15 is 0 Å². The van der Waals surface area contributed by atoms with Crippen molar-refractivity contribution in [3.63, 3.8) is 0 Å². The first kappa shape index (κ1) is 27.8. The summed E-state index contributed by atoms with van der Waals surface area (Å²) in [5.41, 5.74) is 4.56. The highest BCUT2D eigenvalue weighted by atomic mass is 16.7. The number of aliphatic hydroxyl groups is 1. The Morgan fingerprint density at radius 3 is 2.20 bits per heavy atom. The van der Waals surface area contributed by atoms with Crippen molar-refractivity contribution >= 4 is 11.8 Å². The molecule has 4 atom stereocenters. The first-order chi connectivity index (χ1) is 20.0. The van der Waals surface area contributed by atoms with Gasteiger partial charge in [0.2, 0.25) is 0 Å². The predicted molar refractivity (Wildman–Crippen MR) is 152 cm³/mol. The van der Waals surface area contributed by atoms with E-state index in [9.17, 15) is 14.7 Å². The fraction of sp³-hybridized carbons (Fsp3) is 0.394. The molecule has 0 radical (unpaired) electrons. The Morgan fingerprint density at radius 1 is 0.878 bits per heavy atom. The van der Waals surface area contributed by atoms with E-state index in [0.717, 1.165) is 54.6 Å². The number of benzene rings is 3. The SMILES string of the molecule is COC[C@@H]1CCCN1C[C@@H]1C[C@H](c2ccc(CO)cc2)O[C@H](c2ccc(CN3C(=O)c4ccccc4C3=O)cc2)O1. The standard InChI is InChI=1S/C33H36N2O6/c1-39-21-26-5-4-16-34(26)19-27-17-30(24-12-10-23(20-36)11-13-24)41-33(40-27)25-14-8-22(9-15-25)18-35-31(37)28-6-2-3-7-29(28)32(35)38/h2-3,6-15,26-27,30,33,36H,4-5,16-21H2,1H3/t26-,27-,30+,33+/m0/s1. The maximum absolute atomic E-state index is 12.8. The summed E-state index contributed by atoms with van der Waals surface area (Å²) in [4.78, 5) is 29.4. The number of hydrogen-bond donors (Lipinski definition) is 1. The number of methoxy groups -OCH3 is 1. The van der Waals surface area contributed by atoms with Crippen molar-refractivity contribution in [2.24, 2.45) is 0 Å². The lowest BCUT2D eigenvalue weighted by molar-refractivity contribution is -0.253. The Morgan fingerprint density at radius 2 is 1.54 bits per heavy atom. The number of carbonyl (C=O) groups is 2. The Labute approximate surface area is 240 Å². The number of ether oxygens (including phenoxy) is 3. The van der Waals surface area contributed by atoms with Crippen LogP contribution in [0.25, 0.3) is 0 Å². The minimum absolute atomic E-state index is 0.00305. The molecular formula is C33H36N2O6. The molecule has 0 aromatic heterocycles. The van der Waals surface area contributed by atoms with Gasteiger partial charge >= 0.3 is 0 Å². The molecule has 2 saturated heterocycles. The van der Waals surface area contributed by atoms with Crippen LogP contribution >= 0.6 is 0 Å². The second-order valence-corrected chi connectivity index (χ2v) is 11.1. The molecule has 0 unspecified atom stereocenters. The van der Waals surface area contributed by atoms with Gasteiger partial charge in [-0.15, -0.1) is 0 Å². The van der Waals surface area contributed by atoms with Gasteiger partial charge in [0.05, 0.1) is 43.1 Å². The van der Waals surface area contributed by atoms with Crippen molar-refractivity contribution in [2.45, 2.75) is 57.0 Å². The zero-order valence-electron chi connectivity index (χ0n) is 23.3. The Hall–Kier alpha value is -3.40. The summed E-state index contributed by atoms with van der Waals surface area (Å²) in [5, 5.41) is 9.48. The summed E-state index contributed by atoms with van der Waals surface area (Å²) in [7, 11) is 1.75. The van der Waals surface area contributed by atoms with Gasteiger partial charge < -0.3 is 19.3 Å². The maximum Gasteiger partial charge on any atom is 0.261 e. The third-order valence-electron chi connectivity index (χ3n) is 8.38. The van der Waals surface area contributed by atoms with Crippen LogP contribution < -0.4 is 0 Å². The van der Waals surface area contributed by atoms with Crippen molar-refractivity contribution in [3.05, 3.63) is 106 Å². The highest BCUT2D eigenvalue weighted by Crippen LogP contribution is 2.39. The number of nitrogens with zero attached hydrogens (tertiary/aromatic N) is 2. The molecule has 0 bridgehead atoms. The van der Waals surface area contributed by atoms with Crippen LogP contribution in [0.15, 0.2) is 72.8 Å². The van der Waals surface area contributed by atoms with Gasteiger partial charge in [0.1, 0.15) is 0 Å². The van der Waals surface area contributed by atoms with Gasteiger partial charge in [0, 0.05) is 31.7 Å². The van der Waals surface area contributed by atoms with Crippen molar-refractivity contribution < 1.29 is 28.9 Å². The second kappa shape index (κ2) is 12.2. The van der Waals surface area contributed by atoms with E-state index in [2.05, 4.69) is 4.90 Å². The summed E-state index contributed by atoms with van der Waals surface area (Å²) >= 11 is 0. The van der Waals surface area contributed by atoms with Crippen molar-refractivity contribution in [1.82, 2.24) is 9.80 Å². The largest absolute Gasteiger partial charge is 0.392 e. The summed E-state index contributed by atoms with van der Waals surface area (Å²) in [6.07, 6.45) is 2.25. The van der Waals surface area contributed by atoms with Crippen molar-refractivity contribution in [1.29, 1.82) is 0 Å². The smallest absolute Gasteiger partial charge is 0.261 e. The molecular weight excluding hydrogens is 520 g/mol. The van der Waals surface area contributed by atoms with Crippen molar-refractivity contribution in [2.75, 3.05) is 26.8 Å². The molecule has 8 heteroatoms. The van der Waals surface area contributed by atoms with Crippen LogP contribution in [-0.4, -0.2) is 65.7 Å². The van der Waals surface area contributed by atoms with Gasteiger partial charge in [-0.05, 0) is 48.2 Å². The van der Waals surface area contributed by atoms with Crippen LogP contribution in [0.3, 0.4) is 0 Å². The Kier molecular flexibility index (Phi) is 8.27. The molecule has 3 aromatic rings. The molecule has 3 aliphatic heterocycles. The molecule has 6 rings (SSSR count). The van der Waals surface area contributed by atoms with E-state index < -0.39 is 6.29 Å². The first-order valence-corrected chi connectivity index (χ1v) is 14.3. The highest BCUT2D eigenvalue weighted by Gasteiger charge is 2.37. The lowest BCUT2D eigenvalue weighted by Gasteiger charge is -2.38. The van der Waals surface area contributed by atoms with Crippen LogP contribution in [0.2, 0.25) is 0 Å². The zero-order valence-corrected chi connectivity index (χ0v) is 23.3. The Bertz CT molecular complexity index is 1340. The minimum atomic E-state index is -0.562. The van der Waals surface area contributed by atoms with Crippen LogP contribution in [0.4, 0.5) is 0 Å². The van der Waals surface area contributed by atoms with E-state index in [0.29, 0.717) is 23.8 Å². The maximum atomic E-state index is 12.8. The molecule has 3 aromatic carbocycles. The zero-order chi connectivity index (χ0) is 28.3. The van der Waals surface area contributed by atoms with Gasteiger partial charge in [0.25, 0.3) is 11.8 Å². The van der Waals surface area contributed by atoms with E-state index in [4.69, 9.17) is 14.2 Å². The highest BCUT2D eigenvalue weighted by molar-refractivity contribution is 6.21. The Balaban J connectivity index is 1.19. The summed E-state index contributed by atoms with van der Waals surface area (Å²) < 4.78 is 18.5. The fourth-order valence-corrected chi connectivity index (χ4v) is 6.16. The molecule has 0 spiro atoms. The van der Waals surface area contributed by atoms with E-state index in [1.54, 1.807) is 31.4 Å². The first-order valence-electron chi connectivity index (χ1n) is 14.3.